The summed E-state index contributed by atoms with van der Waals surface area (Å²) in [5.41, 5.74) is 0. The summed E-state index contributed by atoms with van der Waals surface area (Å²) in [4.78, 5) is 35.4. The minimum atomic E-state index is -0.861. The molecular formula is C14H24N2O4. The van der Waals surface area contributed by atoms with Crippen molar-refractivity contribution in [2.75, 3.05) is 13.1 Å². The molecule has 1 aliphatic heterocycles. The summed E-state index contributed by atoms with van der Waals surface area (Å²) < 4.78 is 0. The smallest absolute Gasteiger partial charge is 0.324 e. The highest BCUT2D eigenvalue weighted by molar-refractivity contribution is 5.94. The number of imide groups is 1. The molecule has 1 saturated heterocycles. The molecule has 1 heterocycles. The van der Waals surface area contributed by atoms with E-state index in [-0.39, 0.29) is 24.8 Å². The molecule has 1 aliphatic rings. The largest absolute Gasteiger partial charge is 0.481 e. The van der Waals surface area contributed by atoms with E-state index < -0.39 is 5.97 Å². The van der Waals surface area contributed by atoms with Gasteiger partial charge in [0.2, 0.25) is 5.91 Å². The number of nitrogens with one attached hydrogen (secondary N) is 1. The first kappa shape index (κ1) is 16.5. The second-order valence-electron chi connectivity index (χ2n) is 5.29. The van der Waals surface area contributed by atoms with Gasteiger partial charge in [0.05, 0.1) is 0 Å². The van der Waals surface area contributed by atoms with Gasteiger partial charge in [0.1, 0.15) is 0 Å². The number of likely N-dealkylation sites (tertiary alicyclic amines) is 1. The van der Waals surface area contributed by atoms with E-state index in [1.807, 2.05) is 0 Å². The van der Waals surface area contributed by atoms with Crippen LogP contribution < -0.4 is 5.32 Å². The number of carbonyl (C=O) groups is 3. The average molecular weight is 284 g/mol. The van der Waals surface area contributed by atoms with E-state index >= 15 is 0 Å². The van der Waals surface area contributed by atoms with Crippen LogP contribution in [0.15, 0.2) is 0 Å². The standard InChI is InChI=1S/C14H24N2O4/c1-2-11-7-9-16(10-8-11)14(20)15-12(17)5-3-4-6-13(18)19/h11H,2-10H2,1H3,(H,18,19)(H,15,17,20). The van der Waals surface area contributed by atoms with Crippen molar-refractivity contribution in [3.05, 3.63) is 0 Å². The van der Waals surface area contributed by atoms with E-state index in [1.165, 1.54) is 0 Å². The molecule has 1 rings (SSSR count). The average Bonchev–Trinajstić information content (AvgIpc) is 2.43. The summed E-state index contributed by atoms with van der Waals surface area (Å²) >= 11 is 0. The number of hydrogen-bond acceptors (Lipinski definition) is 3. The summed E-state index contributed by atoms with van der Waals surface area (Å²) in [6, 6.07) is -0.317. The number of aliphatic carboxylic acids is 1. The van der Waals surface area contributed by atoms with Crippen LogP contribution in [-0.2, 0) is 9.59 Å². The number of unbranched alkanes of at least 4 members (excludes halogenated alkanes) is 1. The van der Waals surface area contributed by atoms with E-state index in [0.717, 1.165) is 19.3 Å². The zero-order valence-corrected chi connectivity index (χ0v) is 12.1. The van der Waals surface area contributed by atoms with Gasteiger partial charge < -0.3 is 10.0 Å². The number of carbonyl (C=O) groups excluding carboxylic acids is 2. The fourth-order valence-corrected chi connectivity index (χ4v) is 2.37. The van der Waals surface area contributed by atoms with Crippen molar-refractivity contribution in [1.29, 1.82) is 0 Å². The van der Waals surface area contributed by atoms with Gasteiger partial charge in [0.15, 0.2) is 0 Å². The van der Waals surface area contributed by atoms with Crippen LogP contribution in [0.4, 0.5) is 4.79 Å². The van der Waals surface area contributed by atoms with E-state index in [2.05, 4.69) is 12.2 Å². The van der Waals surface area contributed by atoms with Gasteiger partial charge in [-0.1, -0.05) is 13.3 Å². The van der Waals surface area contributed by atoms with Crippen LogP contribution in [0.2, 0.25) is 0 Å². The lowest BCUT2D eigenvalue weighted by Crippen LogP contribution is -2.46. The maximum atomic E-state index is 11.8. The van der Waals surface area contributed by atoms with E-state index in [4.69, 9.17) is 5.11 Å². The minimum Gasteiger partial charge on any atom is -0.481 e. The van der Waals surface area contributed by atoms with Crippen molar-refractivity contribution in [2.45, 2.75) is 51.9 Å². The Kier molecular flexibility index (Phi) is 7.04. The highest BCUT2D eigenvalue weighted by atomic mass is 16.4. The van der Waals surface area contributed by atoms with Crippen LogP contribution >= 0.6 is 0 Å². The zero-order valence-electron chi connectivity index (χ0n) is 12.1. The molecule has 0 aromatic carbocycles. The number of rotatable bonds is 6. The van der Waals surface area contributed by atoms with Crippen LogP contribution in [0, 0.1) is 5.92 Å². The molecule has 114 valence electrons. The van der Waals surface area contributed by atoms with Gasteiger partial charge in [-0.25, -0.2) is 4.79 Å². The number of amides is 3. The molecule has 0 atom stereocenters. The lowest BCUT2D eigenvalue weighted by atomic mass is 9.95. The third kappa shape index (κ3) is 6.04. The molecule has 0 aromatic heterocycles. The van der Waals surface area contributed by atoms with E-state index in [9.17, 15) is 14.4 Å². The Hall–Kier alpha value is -1.59. The molecular weight excluding hydrogens is 260 g/mol. The van der Waals surface area contributed by atoms with Gasteiger partial charge in [-0.05, 0) is 31.6 Å². The summed E-state index contributed by atoms with van der Waals surface area (Å²) in [5.74, 6) is -0.496. The minimum absolute atomic E-state index is 0.0613. The predicted molar refractivity (Wildman–Crippen MR) is 74.2 cm³/mol. The second-order valence-corrected chi connectivity index (χ2v) is 5.29. The third-order valence-corrected chi connectivity index (χ3v) is 3.77. The molecule has 0 radical (unpaired) electrons. The number of urea groups is 1. The molecule has 0 aliphatic carbocycles. The third-order valence-electron chi connectivity index (χ3n) is 3.77. The Labute approximate surface area is 119 Å². The number of carboxylic acids is 1. The summed E-state index contributed by atoms with van der Waals surface area (Å²) in [5, 5.41) is 10.8. The first-order chi connectivity index (χ1) is 9.52. The highest BCUT2D eigenvalue weighted by Crippen LogP contribution is 2.19. The molecule has 3 amide bonds. The first-order valence-electron chi connectivity index (χ1n) is 7.33. The fourth-order valence-electron chi connectivity index (χ4n) is 2.37. The van der Waals surface area contributed by atoms with Gasteiger partial charge in [-0.3, -0.25) is 14.9 Å². The SMILES string of the molecule is CCC1CCN(C(=O)NC(=O)CCCCC(=O)O)CC1. The molecule has 0 unspecified atom stereocenters. The molecule has 2 N–H and O–H groups in total. The van der Waals surface area contributed by atoms with Crippen LogP contribution in [0.5, 0.6) is 0 Å². The molecule has 0 bridgehead atoms. The Bertz CT molecular complexity index is 349. The molecule has 0 saturated carbocycles. The molecule has 0 spiro atoms. The van der Waals surface area contributed by atoms with Crippen LogP contribution in [0.3, 0.4) is 0 Å². The van der Waals surface area contributed by atoms with Gasteiger partial charge in [0, 0.05) is 25.9 Å². The molecule has 6 heteroatoms. The van der Waals surface area contributed by atoms with Crippen molar-refractivity contribution < 1.29 is 19.5 Å². The van der Waals surface area contributed by atoms with Gasteiger partial charge in [-0.15, -0.1) is 0 Å². The van der Waals surface area contributed by atoms with Crippen molar-refractivity contribution in [1.82, 2.24) is 10.2 Å². The summed E-state index contributed by atoms with van der Waals surface area (Å²) in [7, 11) is 0. The maximum Gasteiger partial charge on any atom is 0.324 e. The van der Waals surface area contributed by atoms with E-state index in [1.54, 1.807) is 4.90 Å². The van der Waals surface area contributed by atoms with Crippen molar-refractivity contribution in [2.24, 2.45) is 5.92 Å². The summed E-state index contributed by atoms with van der Waals surface area (Å²) in [6.45, 7) is 3.56. The number of hydrogen-bond donors (Lipinski definition) is 2. The Morgan fingerprint density at radius 2 is 1.75 bits per heavy atom. The summed E-state index contributed by atoms with van der Waals surface area (Å²) in [6.07, 6.45) is 4.34. The molecule has 20 heavy (non-hydrogen) atoms. The van der Waals surface area contributed by atoms with Crippen LogP contribution in [0.25, 0.3) is 0 Å². The monoisotopic (exact) mass is 284 g/mol. The van der Waals surface area contributed by atoms with Gasteiger partial charge in [0.25, 0.3) is 0 Å². The molecule has 0 aromatic rings. The topological polar surface area (TPSA) is 86.7 Å². The lowest BCUT2D eigenvalue weighted by molar-refractivity contribution is -0.137. The number of carboxylic acid groups (broad SMARTS) is 1. The molecule has 1 fully saturated rings. The maximum absolute atomic E-state index is 11.8. The fraction of sp³-hybridized carbons (Fsp3) is 0.786. The van der Waals surface area contributed by atoms with Gasteiger partial charge in [-0.2, -0.15) is 0 Å². The highest BCUT2D eigenvalue weighted by Gasteiger charge is 2.22. The normalized spacial score (nSPS) is 15.9. The van der Waals surface area contributed by atoms with Crippen molar-refractivity contribution in [3.8, 4) is 0 Å². The Morgan fingerprint density at radius 1 is 1.15 bits per heavy atom. The first-order valence-corrected chi connectivity index (χ1v) is 7.33. The zero-order chi connectivity index (χ0) is 15.0. The quantitative estimate of drug-likeness (QED) is 0.730. The Balaban J connectivity index is 2.18. The van der Waals surface area contributed by atoms with Gasteiger partial charge >= 0.3 is 12.0 Å². The number of piperidine rings is 1. The van der Waals surface area contributed by atoms with Crippen molar-refractivity contribution in [3.63, 3.8) is 0 Å². The Morgan fingerprint density at radius 3 is 2.30 bits per heavy atom. The second kappa shape index (κ2) is 8.55. The van der Waals surface area contributed by atoms with Crippen molar-refractivity contribution >= 4 is 17.9 Å². The lowest BCUT2D eigenvalue weighted by Gasteiger charge is -2.31. The number of nitrogens with zero attached hydrogens (tertiary/aromatic N) is 1. The predicted octanol–water partition coefficient (Wildman–Crippen LogP) is 1.99. The van der Waals surface area contributed by atoms with Crippen LogP contribution in [0.1, 0.15) is 51.9 Å². The molecule has 6 nitrogen and oxygen atoms in total. The van der Waals surface area contributed by atoms with E-state index in [0.29, 0.717) is 31.8 Å². The van der Waals surface area contributed by atoms with Crippen LogP contribution in [-0.4, -0.2) is 41.0 Å².